The topological polar surface area (TPSA) is 88.1 Å². The molecule has 0 aliphatic carbocycles. The number of hydrogen-bond donors (Lipinski definition) is 1. The molecule has 0 atom stereocenters. The van der Waals surface area contributed by atoms with Crippen LogP contribution in [0.1, 0.15) is 25.0 Å². The molecule has 0 aromatic heterocycles. The molecule has 0 saturated carbocycles. The van der Waals surface area contributed by atoms with E-state index in [0.717, 1.165) is 27.4 Å². The predicted molar refractivity (Wildman–Crippen MR) is 111 cm³/mol. The Balaban J connectivity index is 2.09. The molecule has 2 aromatic carbocycles. The van der Waals surface area contributed by atoms with Crippen LogP contribution >= 0.6 is 0 Å². The highest BCUT2D eigenvalue weighted by Gasteiger charge is 2.20. The van der Waals surface area contributed by atoms with Crippen molar-refractivity contribution in [3.63, 3.8) is 0 Å². The van der Waals surface area contributed by atoms with Crippen LogP contribution in [0.2, 0.25) is 0 Å². The number of amides is 1. The minimum Gasteiger partial charge on any atom is -0.494 e. The van der Waals surface area contributed by atoms with Crippen LogP contribution < -0.4 is 14.5 Å². The molecule has 0 unspecified atom stereocenters. The molecule has 8 heteroatoms. The van der Waals surface area contributed by atoms with Gasteiger partial charge < -0.3 is 4.74 Å². The van der Waals surface area contributed by atoms with Crippen LogP contribution in [0.3, 0.4) is 0 Å². The number of carbonyl (C=O) groups is 1. The quantitative estimate of drug-likeness (QED) is 0.542. The standard InChI is InChI=1S/C20H25N3O4S/c1-5-27-19-11-9-17(10-12-19)16(3)21-22-20(24)14-23(28(4,25)26)18-8-6-7-15(2)13-18/h6-13H,5,14H2,1-4H3,(H,22,24)/b21-16+. The fourth-order valence-electron chi connectivity index (χ4n) is 2.52. The summed E-state index contributed by atoms with van der Waals surface area (Å²) < 4.78 is 30.7. The molecular formula is C20H25N3O4S. The third-order valence-corrected chi connectivity index (χ3v) is 5.05. The van der Waals surface area contributed by atoms with E-state index in [2.05, 4.69) is 10.5 Å². The van der Waals surface area contributed by atoms with Crippen molar-refractivity contribution in [2.24, 2.45) is 5.10 Å². The Hall–Kier alpha value is -2.87. The van der Waals surface area contributed by atoms with Crippen LogP contribution in [0, 0.1) is 6.92 Å². The maximum absolute atomic E-state index is 12.3. The first-order valence-electron chi connectivity index (χ1n) is 8.81. The number of anilines is 1. The van der Waals surface area contributed by atoms with E-state index in [9.17, 15) is 13.2 Å². The van der Waals surface area contributed by atoms with Crippen molar-refractivity contribution >= 4 is 27.3 Å². The zero-order valence-corrected chi connectivity index (χ0v) is 17.3. The summed E-state index contributed by atoms with van der Waals surface area (Å²) in [5.41, 5.74) is 5.17. The van der Waals surface area contributed by atoms with Crippen molar-refractivity contribution < 1.29 is 17.9 Å². The number of nitrogens with zero attached hydrogens (tertiary/aromatic N) is 2. The molecule has 0 saturated heterocycles. The number of rotatable bonds is 8. The van der Waals surface area contributed by atoms with Crippen LogP contribution in [0.4, 0.5) is 5.69 Å². The molecule has 28 heavy (non-hydrogen) atoms. The lowest BCUT2D eigenvalue weighted by molar-refractivity contribution is -0.119. The average molecular weight is 404 g/mol. The maximum Gasteiger partial charge on any atom is 0.260 e. The molecule has 0 radical (unpaired) electrons. The van der Waals surface area contributed by atoms with Crippen molar-refractivity contribution in [3.05, 3.63) is 59.7 Å². The van der Waals surface area contributed by atoms with Gasteiger partial charge in [-0.05, 0) is 68.3 Å². The first-order chi connectivity index (χ1) is 13.2. The van der Waals surface area contributed by atoms with Gasteiger partial charge >= 0.3 is 0 Å². The molecule has 0 aliphatic heterocycles. The van der Waals surface area contributed by atoms with Crippen molar-refractivity contribution in [2.45, 2.75) is 20.8 Å². The summed E-state index contributed by atoms with van der Waals surface area (Å²) in [5, 5.41) is 4.07. The molecule has 0 bridgehead atoms. The average Bonchev–Trinajstić information content (AvgIpc) is 2.64. The summed E-state index contributed by atoms with van der Waals surface area (Å²) in [6.45, 7) is 5.74. The maximum atomic E-state index is 12.3. The minimum atomic E-state index is -3.62. The number of hydrazone groups is 1. The van der Waals surface area contributed by atoms with Gasteiger partial charge in [0.05, 0.1) is 24.3 Å². The molecule has 7 nitrogen and oxygen atoms in total. The highest BCUT2D eigenvalue weighted by molar-refractivity contribution is 7.92. The van der Waals surface area contributed by atoms with Gasteiger partial charge in [0.25, 0.3) is 5.91 Å². The minimum absolute atomic E-state index is 0.359. The monoisotopic (exact) mass is 403 g/mol. The van der Waals surface area contributed by atoms with Gasteiger partial charge in [-0.3, -0.25) is 9.10 Å². The van der Waals surface area contributed by atoms with E-state index in [4.69, 9.17) is 4.74 Å². The molecular weight excluding hydrogens is 378 g/mol. The molecule has 1 N–H and O–H groups in total. The van der Waals surface area contributed by atoms with Crippen molar-refractivity contribution in [2.75, 3.05) is 23.7 Å². The summed E-state index contributed by atoms with van der Waals surface area (Å²) in [5.74, 6) is 0.224. The van der Waals surface area contributed by atoms with Crippen molar-refractivity contribution in [1.29, 1.82) is 0 Å². The molecule has 0 fully saturated rings. The predicted octanol–water partition coefficient (Wildman–Crippen LogP) is 2.70. The molecule has 2 rings (SSSR count). The first kappa shape index (κ1) is 21.4. The molecule has 0 spiro atoms. The Morgan fingerprint density at radius 1 is 1.18 bits per heavy atom. The highest BCUT2D eigenvalue weighted by atomic mass is 32.2. The third kappa shape index (κ3) is 6.09. The number of hydrogen-bond acceptors (Lipinski definition) is 5. The zero-order chi connectivity index (χ0) is 20.7. The van der Waals surface area contributed by atoms with Crippen LogP contribution in [-0.4, -0.2) is 39.4 Å². The van der Waals surface area contributed by atoms with Crippen LogP contribution in [-0.2, 0) is 14.8 Å². The molecule has 150 valence electrons. The lowest BCUT2D eigenvalue weighted by atomic mass is 10.1. The van der Waals surface area contributed by atoms with E-state index in [-0.39, 0.29) is 6.54 Å². The number of aryl methyl sites for hydroxylation is 1. The van der Waals surface area contributed by atoms with Gasteiger partial charge in [0, 0.05) is 0 Å². The van der Waals surface area contributed by atoms with E-state index in [1.165, 1.54) is 0 Å². The van der Waals surface area contributed by atoms with Gasteiger partial charge in [-0.1, -0.05) is 12.1 Å². The van der Waals surface area contributed by atoms with E-state index < -0.39 is 15.9 Å². The van der Waals surface area contributed by atoms with Crippen molar-refractivity contribution in [3.8, 4) is 5.75 Å². The Labute approximate surface area is 166 Å². The smallest absolute Gasteiger partial charge is 0.260 e. The Morgan fingerprint density at radius 3 is 2.43 bits per heavy atom. The Bertz CT molecular complexity index is 954. The second kappa shape index (κ2) is 9.36. The molecule has 2 aromatic rings. The number of nitrogens with one attached hydrogen (secondary N) is 1. The summed E-state index contributed by atoms with van der Waals surface area (Å²) in [6.07, 6.45) is 1.07. The summed E-state index contributed by atoms with van der Waals surface area (Å²) in [6, 6.07) is 14.3. The summed E-state index contributed by atoms with van der Waals surface area (Å²) >= 11 is 0. The van der Waals surface area contributed by atoms with E-state index >= 15 is 0 Å². The van der Waals surface area contributed by atoms with Gasteiger partial charge in [0.2, 0.25) is 10.0 Å². The first-order valence-corrected chi connectivity index (χ1v) is 10.7. The second-order valence-corrected chi connectivity index (χ2v) is 8.21. The van der Waals surface area contributed by atoms with E-state index in [1.54, 1.807) is 25.1 Å². The van der Waals surface area contributed by atoms with Gasteiger partial charge in [0.15, 0.2) is 0 Å². The Morgan fingerprint density at radius 2 is 1.86 bits per heavy atom. The van der Waals surface area contributed by atoms with E-state index in [1.807, 2.05) is 44.2 Å². The lowest BCUT2D eigenvalue weighted by Gasteiger charge is -2.21. The Kier molecular flexibility index (Phi) is 7.17. The van der Waals surface area contributed by atoms with Gasteiger partial charge in [-0.2, -0.15) is 5.10 Å². The SMILES string of the molecule is CCOc1ccc(/C(C)=N/NC(=O)CN(c2cccc(C)c2)S(C)(=O)=O)cc1. The van der Waals surface area contributed by atoms with E-state index in [0.29, 0.717) is 18.0 Å². The number of carbonyl (C=O) groups excluding carboxylic acids is 1. The number of sulfonamides is 1. The second-order valence-electron chi connectivity index (χ2n) is 6.30. The summed E-state index contributed by atoms with van der Waals surface area (Å²) in [4.78, 5) is 12.3. The largest absolute Gasteiger partial charge is 0.494 e. The van der Waals surface area contributed by atoms with Crippen LogP contribution in [0.5, 0.6) is 5.75 Å². The summed E-state index contributed by atoms with van der Waals surface area (Å²) in [7, 11) is -3.62. The molecule has 0 aliphatic rings. The normalized spacial score (nSPS) is 11.8. The highest BCUT2D eigenvalue weighted by Crippen LogP contribution is 2.18. The third-order valence-electron chi connectivity index (χ3n) is 3.91. The lowest BCUT2D eigenvalue weighted by Crippen LogP contribution is -2.39. The van der Waals surface area contributed by atoms with Crippen LogP contribution in [0.25, 0.3) is 0 Å². The number of benzene rings is 2. The van der Waals surface area contributed by atoms with Gasteiger partial charge in [-0.15, -0.1) is 0 Å². The van der Waals surface area contributed by atoms with Gasteiger partial charge in [-0.25, -0.2) is 13.8 Å². The van der Waals surface area contributed by atoms with Crippen molar-refractivity contribution in [1.82, 2.24) is 5.43 Å². The molecule has 1 amide bonds. The zero-order valence-electron chi connectivity index (χ0n) is 16.5. The fourth-order valence-corrected chi connectivity index (χ4v) is 3.37. The van der Waals surface area contributed by atoms with Gasteiger partial charge in [0.1, 0.15) is 12.3 Å². The van der Waals surface area contributed by atoms with Crippen LogP contribution in [0.15, 0.2) is 53.6 Å². The molecule has 0 heterocycles. The fraction of sp³-hybridized carbons (Fsp3) is 0.300. The number of ether oxygens (including phenoxy) is 1.